The number of anilines is 2. The molecule has 1 aromatic carbocycles. The molecule has 2 aliphatic carbocycles. The zero-order valence-electron chi connectivity index (χ0n) is 17.4. The molecule has 166 valence electrons. The maximum Gasteiger partial charge on any atom is 0.404 e. The Balaban J connectivity index is 1.40. The van der Waals surface area contributed by atoms with Gasteiger partial charge < -0.3 is 15.7 Å². The van der Waals surface area contributed by atoms with Gasteiger partial charge in [-0.3, -0.25) is 14.5 Å². The van der Waals surface area contributed by atoms with Crippen LogP contribution in [-0.4, -0.2) is 37.8 Å². The number of rotatable bonds is 6. The van der Waals surface area contributed by atoms with Gasteiger partial charge in [-0.2, -0.15) is 5.10 Å². The first kappa shape index (κ1) is 20.9. The van der Waals surface area contributed by atoms with Gasteiger partial charge >= 0.3 is 6.09 Å². The van der Waals surface area contributed by atoms with Crippen LogP contribution in [0.2, 0.25) is 0 Å². The van der Waals surface area contributed by atoms with Crippen molar-refractivity contribution >= 4 is 50.1 Å². The lowest BCUT2D eigenvalue weighted by Gasteiger charge is -2.28. The number of pyridine rings is 1. The number of amides is 1. The number of carboxylic acid groups (broad SMARTS) is 1. The Hall–Kier alpha value is -2.94. The second-order valence-corrected chi connectivity index (χ2v) is 9.55. The van der Waals surface area contributed by atoms with Crippen molar-refractivity contribution in [2.24, 2.45) is 5.92 Å². The van der Waals surface area contributed by atoms with E-state index in [0.717, 1.165) is 65.3 Å². The van der Waals surface area contributed by atoms with Crippen LogP contribution >= 0.6 is 15.9 Å². The van der Waals surface area contributed by atoms with E-state index >= 15 is 0 Å². The van der Waals surface area contributed by atoms with Crippen molar-refractivity contribution in [3.05, 3.63) is 46.8 Å². The van der Waals surface area contributed by atoms with Gasteiger partial charge in [0.15, 0.2) is 5.78 Å². The number of carbonyl (C=O) groups is 2. The summed E-state index contributed by atoms with van der Waals surface area (Å²) in [5.74, 6) is 0.234. The predicted molar refractivity (Wildman–Crippen MR) is 124 cm³/mol. The van der Waals surface area contributed by atoms with E-state index in [2.05, 4.69) is 36.6 Å². The largest absolute Gasteiger partial charge is 0.465 e. The summed E-state index contributed by atoms with van der Waals surface area (Å²) >= 11 is 3.53. The third-order valence-electron chi connectivity index (χ3n) is 6.31. The fourth-order valence-corrected chi connectivity index (χ4v) is 4.82. The Kier molecular flexibility index (Phi) is 5.58. The van der Waals surface area contributed by atoms with E-state index in [4.69, 9.17) is 5.11 Å². The highest BCUT2D eigenvalue weighted by Gasteiger charge is 2.32. The topological polar surface area (TPSA) is 109 Å². The summed E-state index contributed by atoms with van der Waals surface area (Å²) in [7, 11) is 0. The molecule has 2 aliphatic rings. The summed E-state index contributed by atoms with van der Waals surface area (Å²) in [6.07, 6.45) is 9.64. The Morgan fingerprint density at radius 3 is 2.59 bits per heavy atom. The second kappa shape index (κ2) is 8.54. The van der Waals surface area contributed by atoms with Crippen molar-refractivity contribution in [2.45, 2.75) is 50.6 Å². The third kappa shape index (κ3) is 4.34. The molecule has 0 bridgehead atoms. The first-order valence-corrected chi connectivity index (χ1v) is 11.7. The Labute approximate surface area is 193 Å². The van der Waals surface area contributed by atoms with E-state index in [9.17, 15) is 9.59 Å². The molecule has 2 heterocycles. The standard InChI is InChI=1S/C23H24BrN5O3/c24-14-3-8-20-18(9-14)21(19(11-25-20)22(30)13-1-2-13)27-16-10-26-29(12-16)17-6-4-15(5-7-17)28-23(31)32/h3,8-13,15,17,28H,1-2,4-7H2,(H,25,27)(H,31,32). The van der Waals surface area contributed by atoms with Gasteiger partial charge in [0.05, 0.1) is 34.7 Å². The molecule has 2 fully saturated rings. The molecular weight excluding hydrogens is 474 g/mol. The van der Waals surface area contributed by atoms with Crippen LogP contribution in [0.25, 0.3) is 10.9 Å². The van der Waals surface area contributed by atoms with E-state index in [1.807, 2.05) is 29.1 Å². The fourth-order valence-electron chi connectivity index (χ4n) is 4.46. The van der Waals surface area contributed by atoms with Crippen LogP contribution in [0.5, 0.6) is 0 Å². The van der Waals surface area contributed by atoms with E-state index in [-0.39, 0.29) is 23.8 Å². The first-order chi connectivity index (χ1) is 15.5. The Morgan fingerprint density at radius 2 is 1.88 bits per heavy atom. The van der Waals surface area contributed by atoms with Crippen molar-refractivity contribution in [2.75, 3.05) is 5.32 Å². The Bertz CT molecular complexity index is 1180. The van der Waals surface area contributed by atoms with Crippen LogP contribution in [0.3, 0.4) is 0 Å². The van der Waals surface area contributed by atoms with Crippen LogP contribution in [0.1, 0.15) is 54.9 Å². The van der Waals surface area contributed by atoms with Crippen LogP contribution < -0.4 is 10.6 Å². The van der Waals surface area contributed by atoms with Crippen molar-refractivity contribution in [3.8, 4) is 0 Å². The first-order valence-electron chi connectivity index (χ1n) is 10.9. The molecule has 0 aliphatic heterocycles. The van der Waals surface area contributed by atoms with Gasteiger partial charge in [0.1, 0.15) is 0 Å². The SMILES string of the molecule is O=C(O)NC1CCC(n2cc(Nc3c(C(=O)C4CC4)cnc4ccc(Br)cc34)cn2)CC1. The molecule has 3 N–H and O–H groups in total. The van der Waals surface area contributed by atoms with E-state index in [1.54, 1.807) is 12.4 Å². The molecule has 0 atom stereocenters. The van der Waals surface area contributed by atoms with Gasteiger partial charge in [-0.1, -0.05) is 15.9 Å². The minimum atomic E-state index is -0.966. The average Bonchev–Trinajstić information content (AvgIpc) is 3.52. The van der Waals surface area contributed by atoms with Crippen LogP contribution in [0.4, 0.5) is 16.2 Å². The van der Waals surface area contributed by atoms with Gasteiger partial charge in [-0.05, 0) is 56.7 Å². The summed E-state index contributed by atoms with van der Waals surface area (Å²) in [6, 6.07) is 6.09. The average molecular weight is 498 g/mol. The van der Waals surface area contributed by atoms with Gasteiger partial charge in [-0.25, -0.2) is 4.79 Å². The fraction of sp³-hybridized carbons (Fsp3) is 0.391. The third-order valence-corrected chi connectivity index (χ3v) is 6.81. The summed E-state index contributed by atoms with van der Waals surface area (Å²) in [4.78, 5) is 28.3. The number of fused-ring (bicyclic) bond motifs is 1. The van der Waals surface area contributed by atoms with Crippen molar-refractivity contribution in [3.63, 3.8) is 0 Å². The maximum absolute atomic E-state index is 12.9. The zero-order chi connectivity index (χ0) is 22.2. The zero-order valence-corrected chi connectivity index (χ0v) is 19.0. The second-order valence-electron chi connectivity index (χ2n) is 8.64. The monoisotopic (exact) mass is 497 g/mol. The number of nitrogens with zero attached hydrogens (tertiary/aromatic N) is 3. The molecule has 9 heteroatoms. The molecule has 0 spiro atoms. The van der Waals surface area contributed by atoms with Gasteiger partial charge in [0.25, 0.3) is 0 Å². The molecule has 0 radical (unpaired) electrons. The minimum Gasteiger partial charge on any atom is -0.465 e. The number of hydrogen-bond acceptors (Lipinski definition) is 5. The number of Topliss-reactive ketones (excluding diaryl/α,β-unsaturated/α-hetero) is 1. The van der Waals surface area contributed by atoms with Crippen molar-refractivity contribution in [1.82, 2.24) is 20.1 Å². The van der Waals surface area contributed by atoms with E-state index in [1.165, 1.54) is 0 Å². The normalized spacial score (nSPS) is 20.8. The van der Waals surface area contributed by atoms with Gasteiger partial charge in [0.2, 0.25) is 0 Å². The van der Waals surface area contributed by atoms with E-state index < -0.39 is 6.09 Å². The summed E-state index contributed by atoms with van der Waals surface area (Å²) < 4.78 is 2.87. The molecular formula is C23H24BrN5O3. The minimum absolute atomic E-state index is 0.00883. The summed E-state index contributed by atoms with van der Waals surface area (Å²) in [5, 5.41) is 20.4. The van der Waals surface area contributed by atoms with Crippen LogP contribution in [0.15, 0.2) is 41.3 Å². The molecule has 5 rings (SSSR count). The number of benzene rings is 1. The lowest BCUT2D eigenvalue weighted by Crippen LogP contribution is -2.37. The van der Waals surface area contributed by atoms with Crippen LogP contribution in [-0.2, 0) is 0 Å². The number of halogens is 1. The van der Waals surface area contributed by atoms with Gasteiger partial charge in [-0.15, -0.1) is 0 Å². The molecule has 2 saturated carbocycles. The van der Waals surface area contributed by atoms with E-state index in [0.29, 0.717) is 5.56 Å². The number of hydrogen-bond donors (Lipinski definition) is 3. The summed E-state index contributed by atoms with van der Waals surface area (Å²) in [5.41, 5.74) is 3.01. The number of aromatic nitrogens is 3. The molecule has 0 unspecified atom stereocenters. The smallest absolute Gasteiger partial charge is 0.404 e. The molecule has 0 saturated heterocycles. The quantitative estimate of drug-likeness (QED) is 0.399. The van der Waals surface area contributed by atoms with Crippen LogP contribution in [0, 0.1) is 5.92 Å². The highest BCUT2D eigenvalue weighted by molar-refractivity contribution is 9.10. The highest BCUT2D eigenvalue weighted by atomic mass is 79.9. The highest BCUT2D eigenvalue weighted by Crippen LogP contribution is 2.38. The molecule has 32 heavy (non-hydrogen) atoms. The summed E-state index contributed by atoms with van der Waals surface area (Å²) in [6.45, 7) is 0. The number of ketones is 1. The lowest BCUT2D eigenvalue weighted by molar-refractivity contribution is 0.0968. The van der Waals surface area contributed by atoms with Crippen molar-refractivity contribution < 1.29 is 14.7 Å². The van der Waals surface area contributed by atoms with Gasteiger partial charge in [0, 0.05) is 34.2 Å². The predicted octanol–water partition coefficient (Wildman–Crippen LogP) is 5.28. The lowest BCUT2D eigenvalue weighted by atomic mass is 9.91. The Morgan fingerprint density at radius 1 is 1.09 bits per heavy atom. The molecule has 1 amide bonds. The molecule has 3 aromatic rings. The molecule has 8 nitrogen and oxygen atoms in total. The number of carbonyl (C=O) groups excluding carboxylic acids is 1. The number of nitrogens with one attached hydrogen (secondary N) is 2. The van der Waals surface area contributed by atoms with Crippen molar-refractivity contribution in [1.29, 1.82) is 0 Å². The maximum atomic E-state index is 12.9. The molecule has 2 aromatic heterocycles.